The van der Waals surface area contributed by atoms with Crippen LogP contribution in [-0.4, -0.2) is 27.1 Å². The summed E-state index contributed by atoms with van der Waals surface area (Å²) in [7, 11) is 4.65. The first-order valence-corrected chi connectivity index (χ1v) is 9.44. The number of benzene rings is 3. The van der Waals surface area contributed by atoms with Gasteiger partial charge in [0.15, 0.2) is 17.3 Å². The van der Waals surface area contributed by atoms with Crippen molar-refractivity contribution in [2.75, 3.05) is 21.3 Å². The van der Waals surface area contributed by atoms with Gasteiger partial charge in [-0.05, 0) is 54.1 Å². The van der Waals surface area contributed by atoms with Crippen LogP contribution in [0.4, 0.5) is 0 Å². The van der Waals surface area contributed by atoms with E-state index in [1.807, 2.05) is 36.4 Å². The molecule has 0 aromatic heterocycles. The van der Waals surface area contributed by atoms with Gasteiger partial charge in [-0.25, -0.2) is 0 Å². The lowest BCUT2D eigenvalue weighted by atomic mass is 10.1. The second kappa shape index (κ2) is 10.2. The van der Waals surface area contributed by atoms with Gasteiger partial charge in [-0.1, -0.05) is 30.3 Å². The van der Waals surface area contributed by atoms with Gasteiger partial charge in [0.2, 0.25) is 5.75 Å². The molecule has 3 rings (SSSR count). The van der Waals surface area contributed by atoms with Crippen LogP contribution in [0.3, 0.4) is 0 Å². The Bertz CT molecular complexity index is 1010. The van der Waals surface area contributed by atoms with E-state index in [9.17, 15) is 4.79 Å². The van der Waals surface area contributed by atoms with Gasteiger partial charge in [0, 0.05) is 11.1 Å². The van der Waals surface area contributed by atoms with E-state index >= 15 is 0 Å². The maximum absolute atomic E-state index is 12.6. The van der Waals surface area contributed by atoms with E-state index in [0.717, 1.165) is 5.56 Å². The number of carbonyl (C=O) groups is 1. The molecule has 0 N–H and O–H groups in total. The fraction of sp³-hybridized carbons (Fsp3) is 0.160. The summed E-state index contributed by atoms with van der Waals surface area (Å²) < 4.78 is 21.9. The van der Waals surface area contributed by atoms with Crippen molar-refractivity contribution >= 4 is 11.9 Å². The van der Waals surface area contributed by atoms with Crippen LogP contribution in [0.5, 0.6) is 23.0 Å². The van der Waals surface area contributed by atoms with Gasteiger partial charge in [0.1, 0.15) is 12.4 Å². The van der Waals surface area contributed by atoms with Crippen molar-refractivity contribution in [2.45, 2.75) is 6.61 Å². The number of methoxy groups -OCH3 is 3. The lowest BCUT2D eigenvalue weighted by Crippen LogP contribution is -1.98. The molecule has 0 heterocycles. The van der Waals surface area contributed by atoms with Crippen molar-refractivity contribution < 1.29 is 23.7 Å². The molecule has 0 fully saturated rings. The van der Waals surface area contributed by atoms with Gasteiger partial charge in [-0.3, -0.25) is 4.79 Å². The predicted molar refractivity (Wildman–Crippen MR) is 117 cm³/mol. The molecule has 0 bridgehead atoms. The van der Waals surface area contributed by atoms with Crippen LogP contribution in [0.1, 0.15) is 21.5 Å². The Kier molecular flexibility index (Phi) is 7.11. The summed E-state index contributed by atoms with van der Waals surface area (Å²) in [5.41, 5.74) is 2.37. The topological polar surface area (TPSA) is 54.0 Å². The minimum atomic E-state index is -0.124. The third kappa shape index (κ3) is 5.00. The Morgan fingerprint density at radius 3 is 2.13 bits per heavy atom. The molecule has 0 aliphatic carbocycles. The third-order valence-electron chi connectivity index (χ3n) is 4.54. The van der Waals surface area contributed by atoms with Gasteiger partial charge in [0.25, 0.3) is 0 Å². The summed E-state index contributed by atoms with van der Waals surface area (Å²) in [6.07, 6.45) is 3.20. The molecule has 5 heteroatoms. The molecule has 5 nitrogen and oxygen atoms in total. The highest BCUT2D eigenvalue weighted by atomic mass is 16.5. The van der Waals surface area contributed by atoms with E-state index in [2.05, 4.69) is 0 Å². The van der Waals surface area contributed by atoms with E-state index < -0.39 is 0 Å². The van der Waals surface area contributed by atoms with Gasteiger partial charge in [0.05, 0.1) is 21.3 Å². The quantitative estimate of drug-likeness (QED) is 0.363. The second-order valence-electron chi connectivity index (χ2n) is 6.42. The van der Waals surface area contributed by atoms with Crippen LogP contribution in [0.25, 0.3) is 6.08 Å². The van der Waals surface area contributed by atoms with Crippen molar-refractivity contribution in [3.8, 4) is 23.0 Å². The molecule has 3 aromatic carbocycles. The highest BCUT2D eigenvalue weighted by Gasteiger charge is 2.14. The lowest BCUT2D eigenvalue weighted by molar-refractivity contribution is 0.104. The fourth-order valence-electron chi connectivity index (χ4n) is 2.97. The van der Waals surface area contributed by atoms with Gasteiger partial charge in [-0.15, -0.1) is 0 Å². The summed E-state index contributed by atoms with van der Waals surface area (Å²) in [6, 6.07) is 20.6. The van der Waals surface area contributed by atoms with Crippen molar-refractivity contribution in [3.05, 3.63) is 89.5 Å². The molecule has 0 saturated carbocycles. The summed E-state index contributed by atoms with van der Waals surface area (Å²) in [4.78, 5) is 12.6. The van der Waals surface area contributed by atoms with Crippen molar-refractivity contribution in [3.63, 3.8) is 0 Å². The Hall–Kier alpha value is -3.73. The molecule has 0 aliphatic rings. The maximum Gasteiger partial charge on any atom is 0.203 e. The minimum Gasteiger partial charge on any atom is -0.493 e. The zero-order chi connectivity index (χ0) is 21.3. The monoisotopic (exact) mass is 404 g/mol. The smallest absolute Gasteiger partial charge is 0.203 e. The highest BCUT2D eigenvalue weighted by molar-refractivity contribution is 6.07. The Morgan fingerprint density at radius 2 is 1.50 bits per heavy atom. The van der Waals surface area contributed by atoms with Crippen LogP contribution in [0.2, 0.25) is 0 Å². The highest BCUT2D eigenvalue weighted by Crippen LogP contribution is 2.40. The number of carbonyl (C=O) groups excluding carboxylic acids is 1. The normalized spacial score (nSPS) is 10.6. The molecule has 0 unspecified atom stereocenters. The van der Waals surface area contributed by atoms with Crippen molar-refractivity contribution in [2.24, 2.45) is 0 Å². The molecule has 0 atom stereocenters. The second-order valence-corrected chi connectivity index (χ2v) is 6.42. The molecule has 0 saturated heterocycles. The molecule has 0 radical (unpaired) electrons. The standard InChI is InChI=1S/C25H24O5/c1-27-23-16-12-20(24(28-2)25(23)29-3)11-15-22(26)19-9-13-21(14-10-19)30-17-18-7-5-4-6-8-18/h4-16H,17H2,1-3H3/b15-11+. The zero-order valence-electron chi connectivity index (χ0n) is 17.3. The van der Waals surface area contributed by atoms with Gasteiger partial charge < -0.3 is 18.9 Å². The van der Waals surface area contributed by atoms with E-state index in [4.69, 9.17) is 18.9 Å². The van der Waals surface area contributed by atoms with Crippen LogP contribution < -0.4 is 18.9 Å². The molecule has 0 amide bonds. The average Bonchev–Trinajstić information content (AvgIpc) is 2.81. The minimum absolute atomic E-state index is 0.124. The molecular formula is C25H24O5. The zero-order valence-corrected chi connectivity index (χ0v) is 17.3. The van der Waals surface area contributed by atoms with E-state index in [-0.39, 0.29) is 5.78 Å². The molecule has 30 heavy (non-hydrogen) atoms. The molecule has 154 valence electrons. The van der Waals surface area contributed by atoms with Crippen molar-refractivity contribution in [1.29, 1.82) is 0 Å². The summed E-state index contributed by atoms with van der Waals surface area (Å²) in [5.74, 6) is 2.13. The number of ketones is 1. The Balaban J connectivity index is 1.69. The van der Waals surface area contributed by atoms with Crippen LogP contribution in [-0.2, 0) is 6.61 Å². The van der Waals surface area contributed by atoms with Crippen LogP contribution in [0.15, 0.2) is 72.8 Å². The number of hydrogen-bond donors (Lipinski definition) is 0. The summed E-state index contributed by atoms with van der Waals surface area (Å²) in [5, 5.41) is 0. The van der Waals surface area contributed by atoms with Crippen molar-refractivity contribution in [1.82, 2.24) is 0 Å². The molecule has 0 spiro atoms. The first kappa shape index (κ1) is 21.0. The number of hydrogen-bond acceptors (Lipinski definition) is 5. The fourth-order valence-corrected chi connectivity index (χ4v) is 2.97. The summed E-state index contributed by atoms with van der Waals surface area (Å²) >= 11 is 0. The van der Waals surface area contributed by atoms with E-state index in [1.165, 1.54) is 6.08 Å². The van der Waals surface area contributed by atoms with Crippen LogP contribution >= 0.6 is 0 Å². The lowest BCUT2D eigenvalue weighted by Gasteiger charge is -2.13. The number of allylic oxidation sites excluding steroid dienone is 1. The average molecular weight is 404 g/mol. The predicted octanol–water partition coefficient (Wildman–Crippen LogP) is 5.19. The number of ether oxygens (including phenoxy) is 4. The Labute approximate surface area is 176 Å². The number of rotatable bonds is 9. The van der Waals surface area contributed by atoms with E-state index in [0.29, 0.717) is 40.7 Å². The largest absolute Gasteiger partial charge is 0.493 e. The molecule has 0 aliphatic heterocycles. The third-order valence-corrected chi connectivity index (χ3v) is 4.54. The SMILES string of the molecule is COc1ccc(/C=C/C(=O)c2ccc(OCc3ccccc3)cc2)c(OC)c1OC. The van der Waals surface area contributed by atoms with Crippen LogP contribution in [0, 0.1) is 0 Å². The van der Waals surface area contributed by atoms with Gasteiger partial charge >= 0.3 is 0 Å². The first-order valence-electron chi connectivity index (χ1n) is 9.44. The summed E-state index contributed by atoms with van der Waals surface area (Å²) in [6.45, 7) is 0.479. The molecule has 3 aromatic rings. The Morgan fingerprint density at radius 1 is 0.800 bits per heavy atom. The first-order chi connectivity index (χ1) is 14.7. The van der Waals surface area contributed by atoms with Gasteiger partial charge in [-0.2, -0.15) is 0 Å². The maximum atomic E-state index is 12.6. The molecular weight excluding hydrogens is 380 g/mol. The van der Waals surface area contributed by atoms with E-state index in [1.54, 1.807) is 57.7 Å².